The van der Waals surface area contributed by atoms with Gasteiger partial charge in [-0.2, -0.15) is 0 Å². The largest absolute Gasteiger partial charge is 0.335 e. The van der Waals surface area contributed by atoms with Crippen LogP contribution in [0.1, 0.15) is 0 Å². The second-order valence-electron chi connectivity index (χ2n) is 2.84. The Morgan fingerprint density at radius 2 is 2.15 bits per heavy atom. The van der Waals surface area contributed by atoms with Crippen LogP contribution in [0.3, 0.4) is 0 Å². The van der Waals surface area contributed by atoms with Crippen LogP contribution in [0, 0.1) is 0 Å². The molecule has 66 valence electrons. The lowest BCUT2D eigenvalue weighted by Crippen LogP contribution is -1.90. The fourth-order valence-electron chi connectivity index (χ4n) is 1.29. The standard InChI is InChI=1S/C10H9ClN2/c1-13-9(4-5-10(13)11)8-3-2-6-12-7-8/h2-7H,1H3. The van der Waals surface area contributed by atoms with Gasteiger partial charge in [-0.05, 0) is 24.3 Å². The van der Waals surface area contributed by atoms with E-state index < -0.39 is 0 Å². The van der Waals surface area contributed by atoms with Gasteiger partial charge in [-0.1, -0.05) is 11.6 Å². The zero-order valence-corrected chi connectivity index (χ0v) is 7.99. The van der Waals surface area contributed by atoms with Crippen molar-refractivity contribution in [1.82, 2.24) is 9.55 Å². The number of halogens is 1. The first-order valence-corrected chi connectivity index (χ1v) is 4.38. The molecule has 0 radical (unpaired) electrons. The van der Waals surface area contributed by atoms with Crippen LogP contribution in [0.25, 0.3) is 11.3 Å². The Balaban J connectivity index is 2.53. The molecule has 0 aliphatic heterocycles. The van der Waals surface area contributed by atoms with E-state index in [9.17, 15) is 0 Å². The third-order valence-electron chi connectivity index (χ3n) is 2.02. The SMILES string of the molecule is Cn1c(Cl)ccc1-c1cccnc1. The van der Waals surface area contributed by atoms with Crippen LogP contribution >= 0.6 is 11.6 Å². The Bertz CT molecular complexity index is 406. The van der Waals surface area contributed by atoms with E-state index >= 15 is 0 Å². The summed E-state index contributed by atoms with van der Waals surface area (Å²) < 4.78 is 1.93. The summed E-state index contributed by atoms with van der Waals surface area (Å²) in [4.78, 5) is 4.06. The average Bonchev–Trinajstić information content (AvgIpc) is 2.49. The minimum absolute atomic E-state index is 0.735. The Hall–Kier alpha value is -1.28. The zero-order chi connectivity index (χ0) is 9.26. The number of pyridine rings is 1. The number of aromatic nitrogens is 2. The topological polar surface area (TPSA) is 17.8 Å². The molecular formula is C10H9ClN2. The second kappa shape index (κ2) is 3.23. The smallest absolute Gasteiger partial charge is 0.109 e. The van der Waals surface area contributed by atoms with E-state index in [0.717, 1.165) is 16.4 Å². The highest BCUT2D eigenvalue weighted by Gasteiger charge is 2.03. The van der Waals surface area contributed by atoms with Gasteiger partial charge in [0.15, 0.2) is 0 Å². The predicted molar refractivity (Wildman–Crippen MR) is 53.7 cm³/mol. The lowest BCUT2D eigenvalue weighted by molar-refractivity contribution is 0.937. The van der Waals surface area contributed by atoms with Gasteiger partial charge in [-0.25, -0.2) is 0 Å². The van der Waals surface area contributed by atoms with E-state index in [4.69, 9.17) is 11.6 Å². The molecule has 0 saturated carbocycles. The first kappa shape index (κ1) is 8.32. The normalized spacial score (nSPS) is 10.3. The van der Waals surface area contributed by atoms with E-state index in [-0.39, 0.29) is 0 Å². The first-order chi connectivity index (χ1) is 6.29. The van der Waals surface area contributed by atoms with Gasteiger partial charge in [0.2, 0.25) is 0 Å². The molecule has 3 heteroatoms. The minimum atomic E-state index is 0.735. The fraction of sp³-hybridized carbons (Fsp3) is 0.100. The van der Waals surface area contributed by atoms with Crippen molar-refractivity contribution in [3.05, 3.63) is 41.8 Å². The summed E-state index contributed by atoms with van der Waals surface area (Å²) in [6.07, 6.45) is 3.58. The Morgan fingerprint density at radius 1 is 1.31 bits per heavy atom. The lowest BCUT2D eigenvalue weighted by atomic mass is 10.2. The summed E-state index contributed by atoms with van der Waals surface area (Å²) in [6.45, 7) is 0. The maximum Gasteiger partial charge on any atom is 0.109 e. The molecule has 0 aromatic carbocycles. The van der Waals surface area contributed by atoms with Gasteiger partial charge in [0, 0.05) is 25.0 Å². The monoisotopic (exact) mass is 192 g/mol. The Morgan fingerprint density at radius 3 is 2.69 bits per heavy atom. The molecule has 2 nitrogen and oxygen atoms in total. The van der Waals surface area contributed by atoms with Gasteiger partial charge >= 0.3 is 0 Å². The van der Waals surface area contributed by atoms with E-state index in [0.29, 0.717) is 0 Å². The highest BCUT2D eigenvalue weighted by atomic mass is 35.5. The molecule has 0 atom stereocenters. The van der Waals surface area contributed by atoms with Crippen molar-refractivity contribution in [1.29, 1.82) is 0 Å². The molecule has 0 aliphatic rings. The van der Waals surface area contributed by atoms with Gasteiger partial charge in [-0.15, -0.1) is 0 Å². The third-order valence-corrected chi connectivity index (χ3v) is 2.40. The molecule has 0 aliphatic carbocycles. The number of rotatable bonds is 1. The van der Waals surface area contributed by atoms with Crippen molar-refractivity contribution >= 4 is 11.6 Å². The summed E-state index contributed by atoms with van der Waals surface area (Å²) in [5.41, 5.74) is 2.16. The van der Waals surface area contributed by atoms with Gasteiger partial charge in [-0.3, -0.25) is 4.98 Å². The van der Waals surface area contributed by atoms with Crippen molar-refractivity contribution in [2.45, 2.75) is 0 Å². The lowest BCUT2D eigenvalue weighted by Gasteiger charge is -2.02. The molecule has 0 fully saturated rings. The number of hydrogen-bond donors (Lipinski definition) is 0. The molecule has 0 bridgehead atoms. The Labute approximate surface area is 81.8 Å². The van der Waals surface area contributed by atoms with Crippen molar-refractivity contribution in [3.63, 3.8) is 0 Å². The van der Waals surface area contributed by atoms with Crippen molar-refractivity contribution in [2.75, 3.05) is 0 Å². The fourth-order valence-corrected chi connectivity index (χ4v) is 1.44. The van der Waals surface area contributed by atoms with Crippen molar-refractivity contribution < 1.29 is 0 Å². The molecule has 0 spiro atoms. The maximum absolute atomic E-state index is 5.92. The molecule has 2 heterocycles. The summed E-state index contributed by atoms with van der Waals surface area (Å²) in [5, 5.41) is 0.735. The first-order valence-electron chi connectivity index (χ1n) is 4.00. The van der Waals surface area contributed by atoms with E-state index in [2.05, 4.69) is 4.98 Å². The minimum Gasteiger partial charge on any atom is -0.335 e. The Kier molecular flexibility index (Phi) is 2.07. The summed E-state index contributed by atoms with van der Waals surface area (Å²) >= 11 is 5.92. The molecule has 0 amide bonds. The quantitative estimate of drug-likeness (QED) is 0.680. The highest BCUT2D eigenvalue weighted by molar-refractivity contribution is 6.29. The van der Waals surface area contributed by atoms with Crippen LogP contribution in [-0.4, -0.2) is 9.55 Å². The highest BCUT2D eigenvalue weighted by Crippen LogP contribution is 2.22. The van der Waals surface area contributed by atoms with E-state index in [1.807, 2.05) is 42.1 Å². The molecule has 2 rings (SSSR count). The van der Waals surface area contributed by atoms with Gasteiger partial charge in [0.05, 0.1) is 5.69 Å². The molecule has 0 unspecified atom stereocenters. The maximum atomic E-state index is 5.92. The van der Waals surface area contributed by atoms with Gasteiger partial charge < -0.3 is 4.57 Å². The van der Waals surface area contributed by atoms with Gasteiger partial charge in [0.25, 0.3) is 0 Å². The molecular weight excluding hydrogens is 184 g/mol. The van der Waals surface area contributed by atoms with Crippen LogP contribution in [0.2, 0.25) is 5.15 Å². The zero-order valence-electron chi connectivity index (χ0n) is 7.24. The average molecular weight is 193 g/mol. The van der Waals surface area contributed by atoms with Gasteiger partial charge in [0.1, 0.15) is 5.15 Å². The van der Waals surface area contributed by atoms with Crippen LogP contribution in [0.5, 0.6) is 0 Å². The van der Waals surface area contributed by atoms with Crippen molar-refractivity contribution in [2.24, 2.45) is 7.05 Å². The molecule has 2 aromatic heterocycles. The number of hydrogen-bond acceptors (Lipinski definition) is 1. The van der Waals surface area contributed by atoms with Crippen LogP contribution < -0.4 is 0 Å². The molecule has 2 aromatic rings. The summed E-state index contributed by atoms with van der Waals surface area (Å²) in [5.74, 6) is 0. The summed E-state index contributed by atoms with van der Waals surface area (Å²) in [6, 6.07) is 7.79. The molecule has 13 heavy (non-hydrogen) atoms. The predicted octanol–water partition coefficient (Wildman–Crippen LogP) is 2.74. The summed E-state index contributed by atoms with van der Waals surface area (Å²) in [7, 11) is 1.94. The van der Waals surface area contributed by atoms with Crippen LogP contribution in [0.4, 0.5) is 0 Å². The number of nitrogens with zero attached hydrogens (tertiary/aromatic N) is 2. The van der Waals surface area contributed by atoms with Crippen molar-refractivity contribution in [3.8, 4) is 11.3 Å². The molecule has 0 saturated heterocycles. The van der Waals surface area contributed by atoms with E-state index in [1.165, 1.54) is 0 Å². The second-order valence-corrected chi connectivity index (χ2v) is 3.23. The molecule has 0 N–H and O–H groups in total. The van der Waals surface area contributed by atoms with Crippen LogP contribution in [0.15, 0.2) is 36.7 Å². The third kappa shape index (κ3) is 1.45. The van der Waals surface area contributed by atoms with E-state index in [1.54, 1.807) is 6.20 Å². The van der Waals surface area contributed by atoms with Crippen LogP contribution in [-0.2, 0) is 7.05 Å².